The van der Waals surface area contributed by atoms with Gasteiger partial charge >= 0.3 is 39.7 Å². The summed E-state index contributed by atoms with van der Waals surface area (Å²) >= 11 is 0. The molecule has 126 valence electrons. The zero-order valence-electron chi connectivity index (χ0n) is 13.2. The summed E-state index contributed by atoms with van der Waals surface area (Å²) in [6, 6.07) is 22.2. The van der Waals surface area contributed by atoms with E-state index in [4.69, 9.17) is 4.18 Å². The second-order valence-corrected chi connectivity index (χ2v) is 7.06. The first kappa shape index (κ1) is 18.7. The fourth-order valence-electron chi connectivity index (χ4n) is 2.83. The van der Waals surface area contributed by atoms with E-state index in [0.29, 0.717) is 0 Å². The Hall–Kier alpha value is -2.05. The van der Waals surface area contributed by atoms with Gasteiger partial charge in [0.25, 0.3) is 0 Å². The zero-order chi connectivity index (χ0) is 17.3. The van der Waals surface area contributed by atoms with Crippen molar-refractivity contribution in [3.8, 4) is 5.75 Å². The van der Waals surface area contributed by atoms with Crippen LogP contribution >= 0.6 is 0 Å². The standard InChI is InChI=1S/C20H15NO3S.Na.H/c22-25(23,24-16-8-2-1-3-9-16)14-13-15-7-6-11-18-17-10-4-5-12-19(17)21-20(15)18;;/h1-14,21H;;. The third-order valence-corrected chi connectivity index (χ3v) is 4.84. The summed E-state index contributed by atoms with van der Waals surface area (Å²) in [5, 5.41) is 3.25. The van der Waals surface area contributed by atoms with Crippen LogP contribution in [-0.2, 0) is 10.1 Å². The molecule has 26 heavy (non-hydrogen) atoms. The summed E-state index contributed by atoms with van der Waals surface area (Å²) in [6.45, 7) is 0. The predicted molar refractivity (Wildman–Crippen MR) is 108 cm³/mol. The van der Waals surface area contributed by atoms with Crippen molar-refractivity contribution in [3.63, 3.8) is 0 Å². The second-order valence-electron chi connectivity index (χ2n) is 5.63. The average Bonchev–Trinajstić information content (AvgIpc) is 3.00. The van der Waals surface area contributed by atoms with Crippen LogP contribution in [0.2, 0.25) is 0 Å². The molecule has 4 nitrogen and oxygen atoms in total. The van der Waals surface area contributed by atoms with Crippen molar-refractivity contribution in [2.45, 2.75) is 0 Å². The van der Waals surface area contributed by atoms with E-state index >= 15 is 0 Å². The molecular formula is C20H16NNaO3S. The summed E-state index contributed by atoms with van der Waals surface area (Å²) < 4.78 is 29.4. The first-order valence-electron chi connectivity index (χ1n) is 7.79. The Morgan fingerprint density at radius 1 is 0.808 bits per heavy atom. The summed E-state index contributed by atoms with van der Waals surface area (Å²) in [5.41, 5.74) is 2.70. The molecule has 0 aliphatic heterocycles. The monoisotopic (exact) mass is 373 g/mol. The van der Waals surface area contributed by atoms with Gasteiger partial charge in [0, 0.05) is 16.3 Å². The zero-order valence-corrected chi connectivity index (χ0v) is 14.0. The number of fused-ring (bicyclic) bond motifs is 3. The Kier molecular flexibility index (Phi) is 5.53. The van der Waals surface area contributed by atoms with Crippen molar-refractivity contribution in [2.24, 2.45) is 0 Å². The first-order chi connectivity index (χ1) is 12.1. The van der Waals surface area contributed by atoms with E-state index in [9.17, 15) is 8.42 Å². The van der Waals surface area contributed by atoms with Gasteiger partial charge in [0.2, 0.25) is 0 Å². The van der Waals surface area contributed by atoms with Gasteiger partial charge in [-0.1, -0.05) is 54.6 Å². The Morgan fingerprint density at radius 2 is 1.50 bits per heavy atom. The molecule has 1 heterocycles. The quantitative estimate of drug-likeness (QED) is 0.434. The summed E-state index contributed by atoms with van der Waals surface area (Å²) in [4.78, 5) is 3.35. The van der Waals surface area contributed by atoms with Crippen LogP contribution in [-0.4, -0.2) is 43.0 Å². The van der Waals surface area contributed by atoms with Gasteiger partial charge in [-0.25, -0.2) is 0 Å². The van der Waals surface area contributed by atoms with Gasteiger partial charge in [-0.3, -0.25) is 0 Å². The summed E-state index contributed by atoms with van der Waals surface area (Å²) in [5.74, 6) is 0.288. The molecule has 4 aromatic rings. The van der Waals surface area contributed by atoms with E-state index in [1.165, 1.54) is 0 Å². The fourth-order valence-corrected chi connectivity index (χ4v) is 3.58. The van der Waals surface area contributed by atoms with E-state index < -0.39 is 10.1 Å². The van der Waals surface area contributed by atoms with Crippen LogP contribution in [0.1, 0.15) is 5.56 Å². The van der Waals surface area contributed by atoms with E-state index in [1.54, 1.807) is 36.4 Å². The van der Waals surface area contributed by atoms with E-state index in [0.717, 1.165) is 32.8 Å². The van der Waals surface area contributed by atoms with Gasteiger partial charge in [0.1, 0.15) is 5.75 Å². The second kappa shape index (κ2) is 7.68. The van der Waals surface area contributed by atoms with Crippen LogP contribution in [0.15, 0.2) is 78.2 Å². The molecule has 0 spiro atoms. The van der Waals surface area contributed by atoms with Crippen molar-refractivity contribution < 1.29 is 12.6 Å². The normalized spacial score (nSPS) is 11.7. The van der Waals surface area contributed by atoms with Crippen molar-refractivity contribution in [1.82, 2.24) is 4.98 Å². The molecule has 0 radical (unpaired) electrons. The molecule has 0 aliphatic carbocycles. The van der Waals surface area contributed by atoms with E-state index in [-0.39, 0.29) is 35.3 Å². The van der Waals surface area contributed by atoms with Crippen molar-refractivity contribution >= 4 is 67.6 Å². The maximum atomic E-state index is 12.2. The van der Waals surface area contributed by atoms with Gasteiger partial charge in [-0.15, -0.1) is 0 Å². The molecular weight excluding hydrogens is 357 g/mol. The summed E-state index contributed by atoms with van der Waals surface area (Å²) in [6.07, 6.45) is 1.55. The molecule has 0 amide bonds. The minimum atomic E-state index is -3.83. The number of benzene rings is 3. The van der Waals surface area contributed by atoms with Crippen LogP contribution in [0.4, 0.5) is 0 Å². The molecule has 0 atom stereocenters. The molecule has 0 bridgehead atoms. The Bertz CT molecular complexity index is 1180. The van der Waals surface area contributed by atoms with Gasteiger partial charge in [0.05, 0.1) is 10.9 Å². The fraction of sp³-hybridized carbons (Fsp3) is 0. The third-order valence-electron chi connectivity index (χ3n) is 3.94. The van der Waals surface area contributed by atoms with Crippen molar-refractivity contribution in [1.29, 1.82) is 0 Å². The number of H-pyrrole nitrogens is 1. The molecule has 0 saturated carbocycles. The van der Waals surface area contributed by atoms with Gasteiger partial charge < -0.3 is 9.17 Å². The number of nitrogens with one attached hydrogen (secondary N) is 1. The van der Waals surface area contributed by atoms with Gasteiger partial charge in [-0.2, -0.15) is 8.42 Å². The molecule has 1 N–H and O–H groups in total. The van der Waals surface area contributed by atoms with Gasteiger partial charge in [-0.05, 0) is 29.8 Å². The Morgan fingerprint density at radius 3 is 2.31 bits per heavy atom. The van der Waals surface area contributed by atoms with E-state index in [1.807, 2.05) is 42.5 Å². The van der Waals surface area contributed by atoms with Crippen LogP contribution in [0.3, 0.4) is 0 Å². The predicted octanol–water partition coefficient (Wildman–Crippen LogP) is 4.05. The SMILES string of the molecule is O=S(=O)(C=Cc1cccc2c1[nH]c1ccccc12)Oc1ccccc1.[NaH]. The number of hydrogen-bond acceptors (Lipinski definition) is 3. The molecule has 1 aromatic heterocycles. The molecule has 0 saturated heterocycles. The number of aromatic nitrogens is 1. The Labute approximate surface area is 173 Å². The molecule has 0 fully saturated rings. The Balaban J connectivity index is 0.00000196. The topological polar surface area (TPSA) is 59.2 Å². The number of aromatic amines is 1. The molecule has 6 heteroatoms. The molecule has 4 rings (SSSR count). The van der Waals surface area contributed by atoms with Crippen molar-refractivity contribution in [3.05, 3.63) is 83.8 Å². The molecule has 0 aliphatic rings. The van der Waals surface area contributed by atoms with Crippen molar-refractivity contribution in [2.75, 3.05) is 0 Å². The van der Waals surface area contributed by atoms with Gasteiger partial charge in [0.15, 0.2) is 0 Å². The average molecular weight is 373 g/mol. The van der Waals surface area contributed by atoms with Crippen LogP contribution in [0.25, 0.3) is 27.9 Å². The number of hydrogen-bond donors (Lipinski definition) is 1. The third kappa shape index (κ3) is 3.86. The number of para-hydroxylation sites is 3. The molecule has 3 aromatic carbocycles. The summed E-state index contributed by atoms with van der Waals surface area (Å²) in [7, 11) is -3.83. The minimum absolute atomic E-state index is 0. The van der Waals surface area contributed by atoms with Crippen LogP contribution in [0, 0.1) is 0 Å². The number of rotatable bonds is 4. The van der Waals surface area contributed by atoms with Crippen LogP contribution < -0.4 is 4.18 Å². The van der Waals surface area contributed by atoms with Crippen LogP contribution in [0.5, 0.6) is 5.75 Å². The maximum absolute atomic E-state index is 12.2. The first-order valence-corrected chi connectivity index (χ1v) is 9.27. The molecule has 0 unspecified atom stereocenters. The van der Waals surface area contributed by atoms with E-state index in [2.05, 4.69) is 4.98 Å².